The van der Waals surface area contributed by atoms with E-state index in [1.807, 2.05) is 12.1 Å². The van der Waals surface area contributed by atoms with Gasteiger partial charge in [-0.15, -0.1) is 0 Å². The van der Waals surface area contributed by atoms with Crippen LogP contribution in [-0.2, 0) is 17.6 Å². The molecule has 2 aliphatic rings. The lowest BCUT2D eigenvalue weighted by molar-refractivity contribution is -0.151. The molecule has 1 saturated carbocycles. The smallest absolute Gasteiger partial charge is 0.332 e. The Kier molecular flexibility index (Phi) is 2.86. The Bertz CT molecular complexity index is 436. The number of benzene rings is 1. The number of rotatable bonds is 2. The fourth-order valence-corrected chi connectivity index (χ4v) is 3.88. The van der Waals surface area contributed by atoms with Gasteiger partial charge in [0.05, 0.1) is 0 Å². The van der Waals surface area contributed by atoms with E-state index >= 15 is 0 Å². The summed E-state index contributed by atoms with van der Waals surface area (Å²) < 4.78 is 0. The highest BCUT2D eigenvalue weighted by atomic mass is 16.4. The van der Waals surface area contributed by atoms with Gasteiger partial charge in [-0.25, -0.2) is 4.79 Å². The average molecular weight is 246 g/mol. The quantitative estimate of drug-likeness (QED) is 0.837. The molecule has 1 aromatic rings. The highest BCUT2D eigenvalue weighted by Gasteiger charge is 2.44. The van der Waals surface area contributed by atoms with Crippen molar-refractivity contribution < 1.29 is 15.0 Å². The Morgan fingerprint density at radius 3 is 2.06 bits per heavy atom. The number of aliphatic hydroxyl groups excluding tert-OH is 1. The monoisotopic (exact) mass is 246 g/mol. The van der Waals surface area contributed by atoms with E-state index in [1.165, 1.54) is 11.1 Å². The summed E-state index contributed by atoms with van der Waals surface area (Å²) in [6, 6.07) is 8.36. The molecule has 18 heavy (non-hydrogen) atoms. The van der Waals surface area contributed by atoms with Crippen molar-refractivity contribution in [2.45, 2.75) is 31.8 Å². The maximum Gasteiger partial charge on any atom is 0.332 e. The van der Waals surface area contributed by atoms with Crippen molar-refractivity contribution in [3.05, 3.63) is 35.4 Å². The zero-order valence-electron chi connectivity index (χ0n) is 10.2. The summed E-state index contributed by atoms with van der Waals surface area (Å²) in [4.78, 5) is 11.1. The van der Waals surface area contributed by atoms with E-state index in [4.69, 9.17) is 5.11 Å². The number of carboxylic acid groups (broad SMARTS) is 1. The Morgan fingerprint density at radius 1 is 1.11 bits per heavy atom. The van der Waals surface area contributed by atoms with E-state index in [-0.39, 0.29) is 5.92 Å². The molecular weight excluding hydrogens is 228 g/mol. The highest BCUT2D eigenvalue weighted by molar-refractivity contribution is 5.72. The third kappa shape index (κ3) is 1.83. The van der Waals surface area contributed by atoms with Gasteiger partial charge in [-0.2, -0.15) is 0 Å². The Hall–Kier alpha value is -1.35. The van der Waals surface area contributed by atoms with Crippen molar-refractivity contribution in [1.82, 2.24) is 0 Å². The molecule has 0 spiro atoms. The molecule has 3 heteroatoms. The first-order valence-electron chi connectivity index (χ1n) is 6.64. The molecule has 2 aliphatic carbocycles. The lowest BCUT2D eigenvalue weighted by atomic mass is 9.83. The van der Waals surface area contributed by atoms with Gasteiger partial charge in [-0.1, -0.05) is 24.3 Å². The van der Waals surface area contributed by atoms with Crippen molar-refractivity contribution in [2.75, 3.05) is 0 Å². The molecule has 3 rings (SSSR count). The van der Waals surface area contributed by atoms with Gasteiger partial charge >= 0.3 is 5.97 Å². The molecule has 0 amide bonds. The molecule has 0 heterocycles. The summed E-state index contributed by atoms with van der Waals surface area (Å²) in [6.07, 6.45) is 2.74. The highest BCUT2D eigenvalue weighted by Crippen LogP contribution is 2.45. The minimum atomic E-state index is -1.20. The first kappa shape index (κ1) is 11.7. The number of aliphatic hydroxyl groups is 1. The summed E-state index contributed by atoms with van der Waals surface area (Å²) in [6.45, 7) is 0. The van der Waals surface area contributed by atoms with Gasteiger partial charge in [0.2, 0.25) is 0 Å². The van der Waals surface area contributed by atoms with Crippen LogP contribution in [0.2, 0.25) is 0 Å². The summed E-state index contributed by atoms with van der Waals surface area (Å²) >= 11 is 0. The SMILES string of the molecule is O=C(O)C(O)C1C2CCC1Cc1ccccc1C2. The molecule has 1 aromatic carbocycles. The van der Waals surface area contributed by atoms with Crippen molar-refractivity contribution in [1.29, 1.82) is 0 Å². The number of carbonyl (C=O) groups is 1. The van der Waals surface area contributed by atoms with Gasteiger partial charge in [0.25, 0.3) is 0 Å². The van der Waals surface area contributed by atoms with Crippen LogP contribution < -0.4 is 0 Å². The maximum atomic E-state index is 11.1. The molecule has 2 N–H and O–H groups in total. The zero-order chi connectivity index (χ0) is 12.7. The Balaban J connectivity index is 1.93. The van der Waals surface area contributed by atoms with E-state index in [1.54, 1.807) is 0 Å². The maximum absolute atomic E-state index is 11.1. The molecule has 3 atom stereocenters. The molecule has 3 nitrogen and oxygen atoms in total. The standard InChI is InChI=1S/C15H18O3/c16-14(15(17)18)13-11-5-6-12(13)8-10-4-2-1-3-9(10)7-11/h1-4,11-14,16H,5-8H2,(H,17,18). The van der Waals surface area contributed by atoms with Crippen LogP contribution in [0.15, 0.2) is 24.3 Å². The molecule has 1 fully saturated rings. The number of hydrogen-bond donors (Lipinski definition) is 2. The molecule has 2 bridgehead atoms. The molecule has 0 radical (unpaired) electrons. The van der Waals surface area contributed by atoms with Crippen molar-refractivity contribution in [3.8, 4) is 0 Å². The number of aliphatic carboxylic acids is 1. The van der Waals surface area contributed by atoms with Gasteiger partial charge < -0.3 is 10.2 Å². The lowest BCUT2D eigenvalue weighted by Crippen LogP contribution is -2.35. The Morgan fingerprint density at radius 2 is 1.61 bits per heavy atom. The second kappa shape index (κ2) is 4.39. The number of carboxylic acids is 1. The predicted molar refractivity (Wildman–Crippen MR) is 67.2 cm³/mol. The minimum Gasteiger partial charge on any atom is -0.479 e. The summed E-state index contributed by atoms with van der Waals surface area (Å²) in [5.74, 6) is -0.493. The topological polar surface area (TPSA) is 57.5 Å². The van der Waals surface area contributed by atoms with Crippen molar-refractivity contribution >= 4 is 5.97 Å². The van der Waals surface area contributed by atoms with Gasteiger partial charge in [-0.3, -0.25) is 0 Å². The first-order valence-corrected chi connectivity index (χ1v) is 6.64. The second-order valence-corrected chi connectivity index (χ2v) is 5.63. The third-order valence-corrected chi connectivity index (χ3v) is 4.70. The van der Waals surface area contributed by atoms with Crippen LogP contribution in [-0.4, -0.2) is 22.3 Å². The van der Waals surface area contributed by atoms with Crippen LogP contribution in [0.5, 0.6) is 0 Å². The summed E-state index contributed by atoms with van der Waals surface area (Å²) in [7, 11) is 0. The number of hydrogen-bond acceptors (Lipinski definition) is 2. The van der Waals surface area contributed by atoms with Crippen LogP contribution in [0.4, 0.5) is 0 Å². The van der Waals surface area contributed by atoms with Gasteiger partial charge in [-0.05, 0) is 48.6 Å². The molecule has 0 aliphatic heterocycles. The molecule has 3 unspecified atom stereocenters. The average Bonchev–Trinajstić information content (AvgIpc) is 2.64. The van der Waals surface area contributed by atoms with Crippen LogP contribution in [0, 0.1) is 17.8 Å². The van der Waals surface area contributed by atoms with Crippen LogP contribution in [0.1, 0.15) is 24.0 Å². The molecule has 96 valence electrons. The fraction of sp³-hybridized carbons (Fsp3) is 0.533. The van der Waals surface area contributed by atoms with Crippen LogP contribution in [0.3, 0.4) is 0 Å². The normalized spacial score (nSPS) is 31.5. The van der Waals surface area contributed by atoms with Crippen LogP contribution >= 0.6 is 0 Å². The van der Waals surface area contributed by atoms with E-state index in [2.05, 4.69) is 12.1 Å². The van der Waals surface area contributed by atoms with E-state index in [0.29, 0.717) is 11.8 Å². The second-order valence-electron chi connectivity index (χ2n) is 5.63. The zero-order valence-corrected chi connectivity index (χ0v) is 10.2. The van der Waals surface area contributed by atoms with E-state index in [0.717, 1.165) is 25.7 Å². The molecular formula is C15H18O3. The predicted octanol–water partition coefficient (Wildman–Crippen LogP) is 1.87. The fourth-order valence-electron chi connectivity index (χ4n) is 3.88. The third-order valence-electron chi connectivity index (χ3n) is 4.70. The summed E-state index contributed by atoms with van der Waals surface area (Å²) in [5.41, 5.74) is 2.68. The lowest BCUT2D eigenvalue weighted by Gasteiger charge is -2.24. The van der Waals surface area contributed by atoms with Crippen molar-refractivity contribution in [2.24, 2.45) is 17.8 Å². The van der Waals surface area contributed by atoms with Crippen molar-refractivity contribution in [3.63, 3.8) is 0 Å². The first-order chi connectivity index (χ1) is 8.66. The van der Waals surface area contributed by atoms with Gasteiger partial charge in [0.15, 0.2) is 6.10 Å². The van der Waals surface area contributed by atoms with Crippen LogP contribution in [0.25, 0.3) is 0 Å². The van der Waals surface area contributed by atoms with Gasteiger partial charge in [0, 0.05) is 5.92 Å². The number of fused-ring (bicyclic) bond motifs is 3. The minimum absolute atomic E-state index is 0.0742. The largest absolute Gasteiger partial charge is 0.479 e. The molecule has 0 saturated heterocycles. The van der Waals surface area contributed by atoms with E-state index in [9.17, 15) is 9.90 Å². The van der Waals surface area contributed by atoms with E-state index < -0.39 is 12.1 Å². The van der Waals surface area contributed by atoms with Gasteiger partial charge in [0.1, 0.15) is 0 Å². The summed E-state index contributed by atoms with van der Waals surface area (Å²) in [5, 5.41) is 19.0. The Labute approximate surface area is 106 Å². The molecule has 0 aromatic heterocycles.